The lowest BCUT2D eigenvalue weighted by molar-refractivity contribution is -0.143. The van der Waals surface area contributed by atoms with E-state index in [1.807, 2.05) is 105 Å². The first-order chi connectivity index (χ1) is 18.9. The summed E-state index contributed by atoms with van der Waals surface area (Å²) in [5.74, 6) is 1.47. The summed E-state index contributed by atoms with van der Waals surface area (Å²) >= 11 is 0. The van der Waals surface area contributed by atoms with Crippen LogP contribution in [0.4, 0.5) is 0 Å². The Hall–Kier alpha value is -3.80. The summed E-state index contributed by atoms with van der Waals surface area (Å²) in [7, 11) is 0. The third-order valence-electron chi connectivity index (χ3n) is 6.35. The van der Waals surface area contributed by atoms with Crippen LogP contribution in [-0.2, 0) is 16.1 Å². The van der Waals surface area contributed by atoms with Gasteiger partial charge in [-0.3, -0.25) is 9.59 Å². The molecule has 3 aromatic rings. The number of nitrogens with zero attached hydrogens (tertiary/aromatic N) is 1. The lowest BCUT2D eigenvalue weighted by atomic mass is 10.0. The Kier molecular flexibility index (Phi) is 11.9. The zero-order valence-electron chi connectivity index (χ0n) is 23.7. The van der Waals surface area contributed by atoms with E-state index >= 15 is 0 Å². The average molecular weight is 532 g/mol. The Morgan fingerprint density at radius 2 is 1.49 bits per heavy atom. The highest BCUT2D eigenvalue weighted by Crippen LogP contribution is 2.25. The molecule has 0 aliphatic heterocycles. The maximum absolute atomic E-state index is 13.5. The van der Waals surface area contributed by atoms with E-state index < -0.39 is 0 Å². The first kappa shape index (κ1) is 29.8. The highest BCUT2D eigenvalue weighted by molar-refractivity contribution is 5.95. The maximum Gasteiger partial charge on any atom is 0.305 e. The smallest absolute Gasteiger partial charge is 0.305 e. The van der Waals surface area contributed by atoms with Gasteiger partial charge < -0.3 is 19.1 Å². The fourth-order valence-corrected chi connectivity index (χ4v) is 4.29. The van der Waals surface area contributed by atoms with Crippen molar-refractivity contribution in [2.75, 3.05) is 19.8 Å². The Balaban J connectivity index is 1.57. The first-order valence-electron chi connectivity index (χ1n) is 13.9. The second-order valence-electron chi connectivity index (χ2n) is 9.68. The van der Waals surface area contributed by atoms with Gasteiger partial charge in [0.05, 0.1) is 19.8 Å². The van der Waals surface area contributed by atoms with E-state index in [2.05, 4.69) is 0 Å². The number of ether oxygens (including phenoxy) is 3. The SMILES string of the molecule is CCOC(=O)CCCCCOc1cccc(CN(C(=O)c2ccc(-c3cccc(OCC)c3)cc2)C(C)C)c1. The molecule has 0 aliphatic rings. The molecule has 0 aliphatic carbocycles. The van der Waals surface area contributed by atoms with Crippen LogP contribution < -0.4 is 9.47 Å². The molecule has 0 fully saturated rings. The lowest BCUT2D eigenvalue weighted by Crippen LogP contribution is -2.36. The van der Waals surface area contributed by atoms with Gasteiger partial charge in [0.1, 0.15) is 11.5 Å². The van der Waals surface area contributed by atoms with Gasteiger partial charge in [0.25, 0.3) is 5.91 Å². The number of hydrogen-bond donors (Lipinski definition) is 0. The predicted octanol–water partition coefficient (Wildman–Crippen LogP) is 7.31. The molecule has 0 atom stereocenters. The van der Waals surface area contributed by atoms with Gasteiger partial charge >= 0.3 is 5.97 Å². The third-order valence-corrected chi connectivity index (χ3v) is 6.35. The maximum atomic E-state index is 13.5. The largest absolute Gasteiger partial charge is 0.494 e. The van der Waals surface area contributed by atoms with Gasteiger partial charge in [-0.1, -0.05) is 36.4 Å². The molecular weight excluding hydrogens is 490 g/mol. The third kappa shape index (κ3) is 9.47. The molecule has 0 N–H and O–H groups in total. The van der Waals surface area contributed by atoms with Gasteiger partial charge in [0, 0.05) is 24.6 Å². The molecule has 0 saturated heterocycles. The van der Waals surface area contributed by atoms with Gasteiger partial charge in [-0.25, -0.2) is 0 Å². The van der Waals surface area contributed by atoms with Gasteiger partial charge in [0.15, 0.2) is 0 Å². The van der Waals surface area contributed by atoms with E-state index in [1.54, 1.807) is 0 Å². The van der Waals surface area contributed by atoms with Crippen molar-refractivity contribution in [1.29, 1.82) is 0 Å². The molecular formula is C33H41NO5. The van der Waals surface area contributed by atoms with E-state index in [9.17, 15) is 9.59 Å². The summed E-state index contributed by atoms with van der Waals surface area (Å²) in [6.45, 7) is 9.96. The number of unbranched alkanes of at least 4 members (excludes halogenated alkanes) is 2. The number of carbonyl (C=O) groups excluding carboxylic acids is 2. The second-order valence-corrected chi connectivity index (χ2v) is 9.68. The monoisotopic (exact) mass is 531 g/mol. The highest BCUT2D eigenvalue weighted by Gasteiger charge is 2.19. The molecule has 0 heterocycles. The number of amides is 1. The van der Waals surface area contributed by atoms with Crippen LogP contribution in [0.5, 0.6) is 11.5 Å². The second kappa shape index (κ2) is 15.6. The average Bonchev–Trinajstić information content (AvgIpc) is 2.94. The van der Waals surface area contributed by atoms with Crippen LogP contribution in [0.2, 0.25) is 0 Å². The summed E-state index contributed by atoms with van der Waals surface area (Å²) in [6, 6.07) is 23.7. The van der Waals surface area contributed by atoms with Crippen molar-refractivity contribution in [2.24, 2.45) is 0 Å². The standard InChI is InChI=1S/C33H41NO5/c1-5-37-31-15-11-13-29(23-31)27-17-19-28(20-18-27)33(36)34(25(3)4)24-26-12-10-14-30(22-26)39-21-9-7-8-16-32(35)38-6-2/h10-15,17-20,22-23,25H,5-9,16,21,24H2,1-4H3. The molecule has 39 heavy (non-hydrogen) atoms. The van der Waals surface area contributed by atoms with Crippen LogP contribution in [0.1, 0.15) is 69.3 Å². The van der Waals surface area contributed by atoms with Crippen LogP contribution in [0, 0.1) is 0 Å². The minimum atomic E-state index is -0.140. The Bertz CT molecular complexity index is 1190. The number of carbonyl (C=O) groups is 2. The van der Waals surface area contributed by atoms with Crippen molar-refractivity contribution in [2.45, 2.75) is 66.0 Å². The summed E-state index contributed by atoms with van der Waals surface area (Å²) in [6.07, 6.45) is 3.03. The molecule has 0 unspecified atom stereocenters. The first-order valence-corrected chi connectivity index (χ1v) is 13.9. The van der Waals surface area contributed by atoms with Crippen LogP contribution >= 0.6 is 0 Å². The van der Waals surface area contributed by atoms with Crippen molar-refractivity contribution in [3.63, 3.8) is 0 Å². The predicted molar refractivity (Wildman–Crippen MR) is 155 cm³/mol. The molecule has 6 heteroatoms. The molecule has 1 amide bonds. The Morgan fingerprint density at radius 3 is 2.18 bits per heavy atom. The van der Waals surface area contributed by atoms with Crippen molar-refractivity contribution < 1.29 is 23.8 Å². The molecule has 3 aromatic carbocycles. The number of hydrogen-bond acceptors (Lipinski definition) is 5. The molecule has 0 radical (unpaired) electrons. The molecule has 0 bridgehead atoms. The fraction of sp³-hybridized carbons (Fsp3) is 0.394. The van der Waals surface area contributed by atoms with E-state index in [0.717, 1.165) is 47.5 Å². The summed E-state index contributed by atoms with van der Waals surface area (Å²) in [5.41, 5.74) is 3.76. The van der Waals surface area contributed by atoms with Gasteiger partial charge in [0.2, 0.25) is 0 Å². The zero-order chi connectivity index (χ0) is 28.0. The summed E-state index contributed by atoms with van der Waals surface area (Å²) in [5, 5.41) is 0. The number of esters is 1. The van der Waals surface area contributed by atoms with Crippen LogP contribution in [0.15, 0.2) is 72.8 Å². The van der Waals surface area contributed by atoms with Crippen LogP contribution in [-0.4, -0.2) is 42.6 Å². The minimum absolute atomic E-state index is 0.00691. The molecule has 0 spiro atoms. The normalized spacial score (nSPS) is 10.8. The summed E-state index contributed by atoms with van der Waals surface area (Å²) < 4.78 is 16.5. The zero-order valence-corrected chi connectivity index (χ0v) is 23.7. The molecule has 0 aromatic heterocycles. The summed E-state index contributed by atoms with van der Waals surface area (Å²) in [4.78, 5) is 26.8. The lowest BCUT2D eigenvalue weighted by Gasteiger charge is -2.27. The van der Waals surface area contributed by atoms with Crippen LogP contribution in [0.3, 0.4) is 0 Å². The van der Waals surface area contributed by atoms with Gasteiger partial charge in [-0.15, -0.1) is 0 Å². The van der Waals surface area contributed by atoms with Crippen molar-refractivity contribution in [1.82, 2.24) is 4.90 Å². The highest BCUT2D eigenvalue weighted by atomic mass is 16.5. The molecule has 208 valence electrons. The Morgan fingerprint density at radius 1 is 0.769 bits per heavy atom. The van der Waals surface area contributed by atoms with Gasteiger partial charge in [-0.2, -0.15) is 0 Å². The number of benzene rings is 3. The van der Waals surface area contributed by atoms with E-state index in [-0.39, 0.29) is 17.9 Å². The number of rotatable bonds is 15. The topological polar surface area (TPSA) is 65.1 Å². The quantitative estimate of drug-likeness (QED) is 0.152. The Labute approximate surface area is 232 Å². The van der Waals surface area contributed by atoms with Crippen LogP contribution in [0.25, 0.3) is 11.1 Å². The van der Waals surface area contributed by atoms with E-state index in [1.165, 1.54) is 0 Å². The van der Waals surface area contributed by atoms with Crippen molar-refractivity contribution >= 4 is 11.9 Å². The van der Waals surface area contributed by atoms with Crippen molar-refractivity contribution in [3.8, 4) is 22.6 Å². The molecule has 3 rings (SSSR count). The van der Waals surface area contributed by atoms with E-state index in [4.69, 9.17) is 14.2 Å². The van der Waals surface area contributed by atoms with E-state index in [0.29, 0.717) is 38.3 Å². The van der Waals surface area contributed by atoms with Crippen molar-refractivity contribution in [3.05, 3.63) is 83.9 Å². The minimum Gasteiger partial charge on any atom is -0.494 e. The fourth-order valence-electron chi connectivity index (χ4n) is 4.29. The molecule has 6 nitrogen and oxygen atoms in total. The van der Waals surface area contributed by atoms with Gasteiger partial charge in [-0.05, 0) is 100 Å². The molecule has 0 saturated carbocycles.